The quantitative estimate of drug-likeness (QED) is 0.601. The molecular weight excluding hydrogens is 398 g/mol. The first-order valence-corrected chi connectivity index (χ1v) is 9.45. The molecule has 3 N–H and O–H groups in total. The highest BCUT2D eigenvalue weighted by Crippen LogP contribution is 2.34. The summed E-state index contributed by atoms with van der Waals surface area (Å²) in [5.41, 5.74) is 1.26. The number of hydrogen-bond acceptors (Lipinski definition) is 5. The molecule has 1 aliphatic heterocycles. The molecule has 2 amide bonds. The van der Waals surface area contributed by atoms with E-state index in [9.17, 15) is 18.7 Å². The van der Waals surface area contributed by atoms with Gasteiger partial charge in [0.2, 0.25) is 5.95 Å². The lowest BCUT2D eigenvalue weighted by Crippen LogP contribution is -2.46. The summed E-state index contributed by atoms with van der Waals surface area (Å²) in [5, 5.41) is 16.4. The molecule has 4 rings (SSSR count). The Morgan fingerprint density at radius 1 is 1.37 bits per heavy atom. The van der Waals surface area contributed by atoms with E-state index in [4.69, 9.17) is 4.74 Å². The van der Waals surface area contributed by atoms with Gasteiger partial charge >= 0.3 is 12.6 Å². The van der Waals surface area contributed by atoms with E-state index >= 15 is 0 Å². The lowest BCUT2D eigenvalue weighted by molar-refractivity contribution is 0.00568. The number of ether oxygens (including phenoxy) is 1. The third-order valence-electron chi connectivity index (χ3n) is 5.29. The highest BCUT2D eigenvalue weighted by Gasteiger charge is 2.30. The second-order valence-electron chi connectivity index (χ2n) is 7.53. The third kappa shape index (κ3) is 3.80. The molecule has 2 aromatic heterocycles. The summed E-state index contributed by atoms with van der Waals surface area (Å²) < 4.78 is 31.7. The minimum absolute atomic E-state index is 0.208. The van der Waals surface area contributed by atoms with Crippen LogP contribution in [0.2, 0.25) is 0 Å². The van der Waals surface area contributed by atoms with Crippen LogP contribution in [0.25, 0.3) is 22.2 Å². The zero-order valence-electron chi connectivity index (χ0n) is 16.5. The van der Waals surface area contributed by atoms with Crippen molar-refractivity contribution in [2.75, 3.05) is 25.5 Å². The minimum Gasteiger partial charge on any atom is -0.494 e. The number of carbonyl (C=O) groups is 1. The van der Waals surface area contributed by atoms with E-state index in [1.165, 1.54) is 19.5 Å². The number of nitrogens with zero attached hydrogens (tertiary/aromatic N) is 4. The van der Waals surface area contributed by atoms with Gasteiger partial charge in [-0.15, -0.1) is 0 Å². The number of aromatic nitrogens is 4. The molecule has 1 aliphatic rings. The Bertz CT molecular complexity index is 1070. The number of anilines is 1. The maximum Gasteiger partial charge on any atom is 0.333 e. The molecule has 1 saturated heterocycles. The largest absolute Gasteiger partial charge is 0.494 e. The number of piperidine rings is 1. The lowest BCUT2D eigenvalue weighted by atomic mass is 9.94. The van der Waals surface area contributed by atoms with E-state index in [1.54, 1.807) is 24.0 Å². The highest BCUT2D eigenvalue weighted by atomic mass is 19.3. The van der Waals surface area contributed by atoms with Crippen LogP contribution in [0.3, 0.4) is 0 Å². The summed E-state index contributed by atoms with van der Waals surface area (Å²) in [5.74, 6) is 0.705. The van der Waals surface area contributed by atoms with Crippen LogP contribution < -0.4 is 10.1 Å². The zero-order valence-corrected chi connectivity index (χ0v) is 16.5. The molecule has 11 heteroatoms. The van der Waals surface area contributed by atoms with Crippen molar-refractivity contribution in [3.8, 4) is 16.9 Å². The minimum atomic E-state index is -2.74. The van der Waals surface area contributed by atoms with Crippen molar-refractivity contribution >= 4 is 23.0 Å². The number of amides is 2. The van der Waals surface area contributed by atoms with Gasteiger partial charge in [0, 0.05) is 30.4 Å². The van der Waals surface area contributed by atoms with E-state index in [0.29, 0.717) is 58.5 Å². The number of alkyl halides is 2. The molecule has 0 bridgehead atoms. The van der Waals surface area contributed by atoms with Crippen molar-refractivity contribution in [2.24, 2.45) is 0 Å². The number of fused-ring (bicyclic) bond motifs is 1. The molecule has 160 valence electrons. The van der Waals surface area contributed by atoms with Crippen LogP contribution in [0.4, 0.5) is 19.5 Å². The summed E-state index contributed by atoms with van der Waals surface area (Å²) in [6.45, 7) is -0.126. The van der Waals surface area contributed by atoms with Gasteiger partial charge in [-0.1, -0.05) is 0 Å². The number of imidazole rings is 1. The van der Waals surface area contributed by atoms with E-state index in [2.05, 4.69) is 20.4 Å². The predicted octanol–water partition coefficient (Wildman–Crippen LogP) is 3.21. The Hall–Kier alpha value is -3.21. The van der Waals surface area contributed by atoms with Crippen molar-refractivity contribution in [1.29, 1.82) is 0 Å². The Labute approximate surface area is 170 Å². The smallest absolute Gasteiger partial charge is 0.333 e. The van der Waals surface area contributed by atoms with Crippen molar-refractivity contribution in [3.05, 3.63) is 24.5 Å². The van der Waals surface area contributed by atoms with Gasteiger partial charge in [0.25, 0.3) is 0 Å². The molecule has 0 aliphatic carbocycles. The van der Waals surface area contributed by atoms with E-state index in [-0.39, 0.29) is 12.0 Å². The van der Waals surface area contributed by atoms with Crippen LogP contribution in [0.15, 0.2) is 24.5 Å². The van der Waals surface area contributed by atoms with Crippen LogP contribution in [-0.4, -0.2) is 61.6 Å². The second kappa shape index (κ2) is 7.56. The number of methoxy groups -OCH3 is 1. The average Bonchev–Trinajstić information content (AvgIpc) is 3.34. The Morgan fingerprint density at radius 3 is 2.73 bits per heavy atom. The summed E-state index contributed by atoms with van der Waals surface area (Å²) in [6, 6.07) is 3.05. The van der Waals surface area contributed by atoms with Gasteiger partial charge in [-0.2, -0.15) is 13.9 Å². The van der Waals surface area contributed by atoms with Crippen LogP contribution in [0.1, 0.15) is 26.3 Å². The number of likely N-dealkylation sites (tertiary alicyclic amines) is 1. The molecule has 3 aromatic rings. The van der Waals surface area contributed by atoms with Crippen LogP contribution in [-0.2, 0) is 0 Å². The number of nitrogens with one attached hydrogen (secondary N) is 2. The third-order valence-corrected chi connectivity index (χ3v) is 5.29. The number of aromatic amines is 1. The first kappa shape index (κ1) is 20.1. The molecule has 0 radical (unpaired) electrons. The van der Waals surface area contributed by atoms with Crippen LogP contribution >= 0.6 is 0 Å². The summed E-state index contributed by atoms with van der Waals surface area (Å²) in [7, 11) is 1.50. The van der Waals surface area contributed by atoms with Gasteiger partial charge in [0.1, 0.15) is 16.8 Å². The van der Waals surface area contributed by atoms with Gasteiger partial charge in [0.15, 0.2) is 0 Å². The van der Waals surface area contributed by atoms with Crippen molar-refractivity contribution in [3.63, 3.8) is 0 Å². The van der Waals surface area contributed by atoms with Crippen molar-refractivity contribution in [2.45, 2.75) is 31.9 Å². The SMILES string of the molecule is COc1ccc(-c2cnn(C(F)F)c2)c2nc(NC(=O)N3CCC(C)(O)CC3)[nH]c12. The van der Waals surface area contributed by atoms with Gasteiger partial charge in [0.05, 0.1) is 18.9 Å². The molecular formula is C19H22F2N6O3. The number of halogens is 2. The number of H-pyrrole nitrogens is 1. The maximum absolute atomic E-state index is 12.9. The summed E-state index contributed by atoms with van der Waals surface area (Å²) in [4.78, 5) is 21.7. The summed E-state index contributed by atoms with van der Waals surface area (Å²) in [6.07, 6.45) is 3.55. The Balaban J connectivity index is 1.63. The average molecular weight is 420 g/mol. The molecule has 0 unspecified atom stereocenters. The Kier molecular flexibility index (Phi) is 5.06. The maximum atomic E-state index is 12.9. The fourth-order valence-electron chi connectivity index (χ4n) is 3.49. The normalized spacial score (nSPS) is 16.3. The van der Waals surface area contributed by atoms with Gasteiger partial charge in [-0.25, -0.2) is 14.5 Å². The second-order valence-corrected chi connectivity index (χ2v) is 7.53. The molecule has 3 heterocycles. The number of hydrogen-bond donors (Lipinski definition) is 3. The molecule has 1 aromatic carbocycles. The standard InChI is InChI=1S/C19H22F2N6O3/c1-19(29)5-7-26(8-6-19)18(28)25-17-23-14-12(3-4-13(30-2)15(14)24-17)11-9-22-27(10-11)16(20)21/h3-4,9-10,16,29H,5-8H2,1-2H3,(H2,23,24,25,28). The molecule has 9 nitrogen and oxygen atoms in total. The topological polar surface area (TPSA) is 108 Å². The molecule has 30 heavy (non-hydrogen) atoms. The fraction of sp³-hybridized carbons (Fsp3) is 0.421. The number of benzene rings is 1. The molecule has 0 spiro atoms. The first-order chi connectivity index (χ1) is 14.3. The van der Waals surface area contributed by atoms with Crippen molar-refractivity contribution in [1.82, 2.24) is 24.6 Å². The molecule has 0 atom stereocenters. The molecule has 0 saturated carbocycles. The van der Waals surface area contributed by atoms with E-state index in [1.807, 2.05) is 0 Å². The van der Waals surface area contributed by atoms with E-state index < -0.39 is 12.2 Å². The summed E-state index contributed by atoms with van der Waals surface area (Å²) >= 11 is 0. The Morgan fingerprint density at radius 2 is 2.10 bits per heavy atom. The highest BCUT2D eigenvalue weighted by molar-refractivity contribution is 5.98. The van der Waals surface area contributed by atoms with Gasteiger partial charge in [-0.3, -0.25) is 5.32 Å². The van der Waals surface area contributed by atoms with Gasteiger partial charge in [-0.05, 0) is 31.9 Å². The first-order valence-electron chi connectivity index (χ1n) is 9.45. The number of aliphatic hydroxyl groups is 1. The predicted molar refractivity (Wildman–Crippen MR) is 106 cm³/mol. The number of carbonyl (C=O) groups excluding carboxylic acids is 1. The number of rotatable bonds is 4. The zero-order chi connectivity index (χ0) is 21.5. The lowest BCUT2D eigenvalue weighted by Gasteiger charge is -2.35. The van der Waals surface area contributed by atoms with Crippen LogP contribution in [0.5, 0.6) is 5.75 Å². The van der Waals surface area contributed by atoms with E-state index in [0.717, 1.165) is 0 Å². The monoisotopic (exact) mass is 420 g/mol. The number of urea groups is 1. The van der Waals surface area contributed by atoms with Crippen LogP contribution in [0, 0.1) is 0 Å². The van der Waals surface area contributed by atoms with Gasteiger partial charge < -0.3 is 19.7 Å². The van der Waals surface area contributed by atoms with Crippen molar-refractivity contribution < 1.29 is 23.4 Å². The fourth-order valence-corrected chi connectivity index (χ4v) is 3.49. The molecule has 1 fully saturated rings.